The van der Waals surface area contributed by atoms with E-state index in [1.807, 2.05) is 5.32 Å². The van der Waals surface area contributed by atoms with E-state index < -0.39 is 6.09 Å². The molecule has 1 aromatic carbocycles. The Hall–Kier alpha value is -1.07. The molecular formula is C16H22BrN2O2-. The summed E-state index contributed by atoms with van der Waals surface area (Å²) in [6.45, 7) is 9.03. The number of carboxylic acid groups (broad SMARTS) is 1. The number of carbonyl (C=O) groups is 1. The van der Waals surface area contributed by atoms with Crippen LogP contribution in [0.3, 0.4) is 0 Å². The van der Waals surface area contributed by atoms with Crippen molar-refractivity contribution in [2.75, 3.05) is 19.6 Å². The van der Waals surface area contributed by atoms with Crippen LogP contribution in [0.15, 0.2) is 16.6 Å². The minimum absolute atomic E-state index is 0.419. The van der Waals surface area contributed by atoms with Gasteiger partial charge in [0.2, 0.25) is 0 Å². The van der Waals surface area contributed by atoms with Gasteiger partial charge in [-0.1, -0.05) is 28.9 Å². The fraction of sp³-hybridized carbons (Fsp3) is 0.562. The molecule has 1 amide bonds. The van der Waals surface area contributed by atoms with Crippen LogP contribution in [-0.2, 0) is 0 Å². The van der Waals surface area contributed by atoms with Gasteiger partial charge in [-0.2, -0.15) is 0 Å². The van der Waals surface area contributed by atoms with Gasteiger partial charge < -0.3 is 20.5 Å². The Labute approximate surface area is 134 Å². The zero-order valence-corrected chi connectivity index (χ0v) is 14.3. The van der Waals surface area contributed by atoms with Crippen molar-refractivity contribution in [2.24, 2.45) is 5.92 Å². The van der Waals surface area contributed by atoms with Crippen molar-refractivity contribution in [3.63, 3.8) is 0 Å². The van der Waals surface area contributed by atoms with Gasteiger partial charge in [-0.15, -0.1) is 0 Å². The van der Waals surface area contributed by atoms with E-state index in [1.54, 1.807) is 18.1 Å². The summed E-state index contributed by atoms with van der Waals surface area (Å²) in [7, 11) is 0. The summed E-state index contributed by atoms with van der Waals surface area (Å²) in [6, 6.07) is 4.72. The molecule has 0 bridgehead atoms. The number of rotatable bonds is 1. The summed E-state index contributed by atoms with van der Waals surface area (Å²) < 4.78 is 1.26. The molecule has 3 atom stereocenters. The zero-order chi connectivity index (χ0) is 15.6. The van der Waals surface area contributed by atoms with E-state index >= 15 is 0 Å². The fourth-order valence-electron chi connectivity index (χ4n) is 3.37. The van der Waals surface area contributed by atoms with Crippen molar-refractivity contribution in [1.29, 1.82) is 0 Å². The Kier molecular flexibility index (Phi) is 5.27. The van der Waals surface area contributed by atoms with Crippen molar-refractivity contribution < 1.29 is 9.90 Å². The monoisotopic (exact) mass is 353 g/mol. The normalized spacial score (nSPS) is 25.6. The summed E-state index contributed by atoms with van der Waals surface area (Å²) in [5.41, 5.74) is 4.54. The fourth-order valence-corrected chi connectivity index (χ4v) is 3.74. The Bertz CT molecular complexity index is 533. The number of amides is 1. The molecule has 1 heterocycles. The van der Waals surface area contributed by atoms with Crippen molar-refractivity contribution in [3.05, 3.63) is 33.3 Å². The van der Waals surface area contributed by atoms with Crippen molar-refractivity contribution in [1.82, 2.24) is 10.6 Å². The van der Waals surface area contributed by atoms with Gasteiger partial charge in [-0.3, -0.25) is 0 Å². The van der Waals surface area contributed by atoms with Gasteiger partial charge in [0.05, 0.1) is 0 Å². The molecule has 1 aliphatic carbocycles. The second-order valence-corrected chi connectivity index (χ2v) is 6.62. The predicted octanol–water partition coefficient (Wildman–Crippen LogP) is 2.12. The first-order valence-electron chi connectivity index (χ1n) is 7.41. The molecule has 5 heteroatoms. The largest absolute Gasteiger partial charge is 0.530 e. The molecule has 116 valence electrons. The molecule has 0 saturated carbocycles. The summed E-state index contributed by atoms with van der Waals surface area (Å²) >= 11 is 3.64. The number of halogens is 1. The van der Waals surface area contributed by atoms with Crippen LogP contribution < -0.4 is 15.7 Å². The SMILES string of the molecule is CCNC(=O)[O-].Cc1cc2c(cc1Br)C(C)C1CNCC21. The molecule has 1 fully saturated rings. The van der Waals surface area contributed by atoms with Crippen LogP contribution >= 0.6 is 15.9 Å². The summed E-state index contributed by atoms with van der Waals surface area (Å²) in [4.78, 5) is 9.38. The number of hydrogen-bond acceptors (Lipinski definition) is 3. The highest BCUT2D eigenvalue weighted by Crippen LogP contribution is 2.49. The maximum atomic E-state index is 9.38. The molecule has 21 heavy (non-hydrogen) atoms. The zero-order valence-electron chi connectivity index (χ0n) is 12.7. The molecule has 1 aromatic rings. The molecule has 3 unspecified atom stereocenters. The van der Waals surface area contributed by atoms with Gasteiger partial charge in [-0.25, -0.2) is 0 Å². The van der Waals surface area contributed by atoms with E-state index in [4.69, 9.17) is 0 Å². The lowest BCUT2D eigenvalue weighted by Crippen LogP contribution is -2.35. The lowest BCUT2D eigenvalue weighted by atomic mass is 9.91. The van der Waals surface area contributed by atoms with Gasteiger partial charge in [0.1, 0.15) is 6.09 Å². The molecule has 2 N–H and O–H groups in total. The molecule has 2 aliphatic rings. The average molecular weight is 354 g/mol. The standard InChI is InChI=1S/C13H16BrN.C3H7NO2/c1-7-3-10-9(4-13(7)14)8(2)11-5-15-6-12(10)11;1-2-4-3(5)6/h3-4,8,11-12,15H,5-6H2,1-2H3;4H,2H2,1H3,(H,5,6)/p-1. The van der Waals surface area contributed by atoms with Crippen LogP contribution in [0.1, 0.15) is 42.4 Å². The lowest BCUT2D eigenvalue weighted by molar-refractivity contribution is -0.250. The quantitative estimate of drug-likeness (QED) is 0.812. The third-order valence-electron chi connectivity index (χ3n) is 4.48. The van der Waals surface area contributed by atoms with Gasteiger partial charge in [0.25, 0.3) is 0 Å². The van der Waals surface area contributed by atoms with Crippen molar-refractivity contribution >= 4 is 22.0 Å². The summed E-state index contributed by atoms with van der Waals surface area (Å²) in [5, 5.41) is 14.9. The number of hydrogen-bond donors (Lipinski definition) is 2. The molecule has 3 rings (SSSR count). The van der Waals surface area contributed by atoms with Crippen LogP contribution in [0.5, 0.6) is 0 Å². The highest BCUT2D eigenvalue weighted by molar-refractivity contribution is 9.10. The smallest absolute Gasteiger partial charge is 0.134 e. The van der Waals surface area contributed by atoms with E-state index in [0.717, 1.165) is 17.8 Å². The number of benzene rings is 1. The van der Waals surface area contributed by atoms with E-state index in [9.17, 15) is 9.90 Å². The van der Waals surface area contributed by atoms with Gasteiger partial charge >= 0.3 is 0 Å². The Morgan fingerprint density at radius 2 is 2.14 bits per heavy atom. The minimum atomic E-state index is -1.21. The molecular weight excluding hydrogens is 332 g/mol. The number of fused-ring (bicyclic) bond motifs is 3. The van der Waals surface area contributed by atoms with Crippen molar-refractivity contribution in [3.8, 4) is 0 Å². The van der Waals surface area contributed by atoms with Crippen LogP contribution in [0.4, 0.5) is 4.79 Å². The molecule has 0 spiro atoms. The molecule has 0 aromatic heterocycles. The van der Waals surface area contributed by atoms with E-state index in [2.05, 4.69) is 47.2 Å². The number of nitrogens with one attached hydrogen (secondary N) is 2. The highest BCUT2D eigenvalue weighted by Gasteiger charge is 2.41. The summed E-state index contributed by atoms with van der Waals surface area (Å²) in [6.07, 6.45) is -1.21. The molecule has 1 aliphatic heterocycles. The van der Waals surface area contributed by atoms with Crippen LogP contribution in [0.2, 0.25) is 0 Å². The molecule has 1 saturated heterocycles. The first-order valence-corrected chi connectivity index (χ1v) is 8.20. The van der Waals surface area contributed by atoms with E-state index in [0.29, 0.717) is 6.54 Å². The Morgan fingerprint density at radius 3 is 2.71 bits per heavy atom. The maximum absolute atomic E-state index is 9.38. The van der Waals surface area contributed by atoms with Crippen LogP contribution in [-0.4, -0.2) is 25.7 Å². The predicted molar refractivity (Wildman–Crippen MR) is 85.5 cm³/mol. The third-order valence-corrected chi connectivity index (χ3v) is 5.33. The van der Waals surface area contributed by atoms with Gasteiger partial charge in [0, 0.05) is 23.5 Å². The Balaban J connectivity index is 0.000000232. The van der Waals surface area contributed by atoms with Crippen LogP contribution in [0.25, 0.3) is 0 Å². The number of aryl methyl sites for hydroxylation is 1. The maximum Gasteiger partial charge on any atom is 0.134 e. The third kappa shape index (κ3) is 3.40. The number of carbonyl (C=O) groups excluding carboxylic acids is 1. The summed E-state index contributed by atoms with van der Waals surface area (Å²) in [5.74, 6) is 2.31. The Morgan fingerprint density at radius 1 is 1.43 bits per heavy atom. The second-order valence-electron chi connectivity index (χ2n) is 5.77. The van der Waals surface area contributed by atoms with E-state index in [1.165, 1.54) is 23.1 Å². The van der Waals surface area contributed by atoms with E-state index in [-0.39, 0.29) is 0 Å². The topological polar surface area (TPSA) is 64.2 Å². The van der Waals surface area contributed by atoms with Gasteiger partial charge in [0.15, 0.2) is 0 Å². The molecule has 0 radical (unpaired) electrons. The van der Waals surface area contributed by atoms with Crippen molar-refractivity contribution in [2.45, 2.75) is 32.6 Å². The average Bonchev–Trinajstić information content (AvgIpc) is 2.97. The minimum Gasteiger partial charge on any atom is -0.530 e. The van der Waals surface area contributed by atoms with Crippen LogP contribution in [0, 0.1) is 12.8 Å². The first-order chi connectivity index (χ1) is 9.95. The first kappa shape index (κ1) is 16.3. The highest BCUT2D eigenvalue weighted by atomic mass is 79.9. The molecule has 4 nitrogen and oxygen atoms in total. The lowest BCUT2D eigenvalue weighted by Gasteiger charge is -2.12. The second kappa shape index (κ2) is 6.79. The van der Waals surface area contributed by atoms with Gasteiger partial charge in [-0.05, 0) is 55.0 Å².